The zero-order valence-electron chi connectivity index (χ0n) is 17.7. The summed E-state index contributed by atoms with van der Waals surface area (Å²) in [5.74, 6) is 2.26. The Morgan fingerprint density at radius 3 is 2.69 bits per heavy atom. The summed E-state index contributed by atoms with van der Waals surface area (Å²) in [5, 5.41) is 6.84. The first-order chi connectivity index (χ1) is 13.7. The van der Waals surface area contributed by atoms with Gasteiger partial charge in [-0.3, -0.25) is 4.79 Å². The molecule has 1 atom stereocenters. The van der Waals surface area contributed by atoms with Gasteiger partial charge < -0.3 is 20.3 Å². The first kappa shape index (κ1) is 23.8. The molecule has 1 saturated heterocycles. The number of benzene rings is 1. The fourth-order valence-corrected chi connectivity index (χ4v) is 4.20. The molecule has 7 heteroatoms. The van der Waals surface area contributed by atoms with Gasteiger partial charge in [0.05, 0.1) is 13.7 Å². The summed E-state index contributed by atoms with van der Waals surface area (Å²) >= 11 is 0. The van der Waals surface area contributed by atoms with Gasteiger partial charge in [0, 0.05) is 37.2 Å². The van der Waals surface area contributed by atoms with Crippen LogP contribution in [0.1, 0.15) is 51.0 Å². The smallest absolute Gasteiger partial charge is 0.225 e. The Kier molecular flexibility index (Phi) is 10.0. The topological polar surface area (TPSA) is 66.0 Å². The number of hydrogen-bond donors (Lipinski definition) is 2. The fourth-order valence-electron chi connectivity index (χ4n) is 4.20. The van der Waals surface area contributed by atoms with Crippen LogP contribution in [-0.2, 0) is 11.3 Å². The van der Waals surface area contributed by atoms with E-state index in [0.717, 1.165) is 56.2 Å². The monoisotopic (exact) mass is 514 g/mol. The Labute approximate surface area is 191 Å². The molecule has 162 valence electrons. The third-order valence-electron chi connectivity index (χ3n) is 5.74. The molecule has 2 aliphatic rings. The number of carbonyl (C=O) groups excluding carboxylic acids is 1. The van der Waals surface area contributed by atoms with E-state index in [2.05, 4.69) is 22.5 Å². The number of hydrogen-bond acceptors (Lipinski definition) is 3. The van der Waals surface area contributed by atoms with Crippen LogP contribution in [0, 0.1) is 5.92 Å². The normalized spacial score (nSPS) is 20.1. The summed E-state index contributed by atoms with van der Waals surface area (Å²) in [4.78, 5) is 19.6. The minimum absolute atomic E-state index is 0. The molecule has 1 aromatic carbocycles. The van der Waals surface area contributed by atoms with Crippen LogP contribution in [0.15, 0.2) is 29.3 Å². The lowest BCUT2D eigenvalue weighted by molar-refractivity contribution is -0.135. The van der Waals surface area contributed by atoms with E-state index in [0.29, 0.717) is 12.5 Å². The third-order valence-corrected chi connectivity index (χ3v) is 5.74. The molecule has 6 nitrogen and oxygen atoms in total. The summed E-state index contributed by atoms with van der Waals surface area (Å²) in [6.07, 6.45) is 6.78. The van der Waals surface area contributed by atoms with Crippen molar-refractivity contribution in [1.82, 2.24) is 15.5 Å². The Balaban J connectivity index is 0.00000300. The van der Waals surface area contributed by atoms with Crippen molar-refractivity contribution in [3.8, 4) is 5.75 Å². The second kappa shape index (κ2) is 12.2. The van der Waals surface area contributed by atoms with E-state index in [-0.39, 0.29) is 35.9 Å². The van der Waals surface area contributed by atoms with Crippen LogP contribution in [0.25, 0.3) is 0 Å². The Morgan fingerprint density at radius 1 is 1.21 bits per heavy atom. The zero-order chi connectivity index (χ0) is 19.8. The number of halogens is 1. The summed E-state index contributed by atoms with van der Waals surface area (Å²) in [7, 11) is 1.68. The van der Waals surface area contributed by atoms with Gasteiger partial charge in [-0.05, 0) is 32.3 Å². The van der Waals surface area contributed by atoms with E-state index >= 15 is 0 Å². The molecule has 3 rings (SSSR count). The summed E-state index contributed by atoms with van der Waals surface area (Å²) in [6, 6.07) is 8.21. The van der Waals surface area contributed by atoms with E-state index in [1.807, 2.05) is 24.3 Å². The van der Waals surface area contributed by atoms with Gasteiger partial charge in [-0.2, -0.15) is 0 Å². The molecule has 2 fully saturated rings. The highest BCUT2D eigenvalue weighted by Crippen LogP contribution is 2.26. The van der Waals surface area contributed by atoms with Gasteiger partial charge in [0.15, 0.2) is 5.96 Å². The van der Waals surface area contributed by atoms with E-state index in [9.17, 15) is 4.79 Å². The summed E-state index contributed by atoms with van der Waals surface area (Å²) in [5.41, 5.74) is 1.06. The van der Waals surface area contributed by atoms with Crippen LogP contribution in [0.2, 0.25) is 0 Å². The molecule has 1 saturated carbocycles. The van der Waals surface area contributed by atoms with Crippen molar-refractivity contribution in [3.63, 3.8) is 0 Å². The highest BCUT2D eigenvalue weighted by Gasteiger charge is 2.31. The number of guanidine groups is 1. The van der Waals surface area contributed by atoms with Gasteiger partial charge in [0.2, 0.25) is 5.91 Å². The molecular formula is C22H35IN4O2. The van der Waals surface area contributed by atoms with Crippen molar-refractivity contribution in [2.24, 2.45) is 10.9 Å². The average molecular weight is 514 g/mol. The summed E-state index contributed by atoms with van der Waals surface area (Å²) in [6.45, 7) is 5.03. The van der Waals surface area contributed by atoms with Crippen LogP contribution in [0.3, 0.4) is 0 Å². The van der Waals surface area contributed by atoms with Crippen LogP contribution in [0.5, 0.6) is 5.75 Å². The van der Waals surface area contributed by atoms with Crippen LogP contribution < -0.4 is 15.4 Å². The number of likely N-dealkylation sites (tertiary alicyclic amines) is 1. The van der Waals surface area contributed by atoms with Crippen molar-refractivity contribution in [1.29, 1.82) is 0 Å². The number of ether oxygens (including phenoxy) is 1. The maximum absolute atomic E-state index is 12.8. The number of methoxy groups -OCH3 is 1. The van der Waals surface area contributed by atoms with Crippen LogP contribution >= 0.6 is 24.0 Å². The molecule has 2 N–H and O–H groups in total. The third kappa shape index (κ3) is 6.76. The van der Waals surface area contributed by atoms with Crippen LogP contribution in [0.4, 0.5) is 0 Å². The SMILES string of the molecule is CCNC(=NCc1ccccc1OC)NC1CCN(C(=O)C2CCCCC2)C1.I. The molecule has 0 bridgehead atoms. The van der Waals surface area contributed by atoms with E-state index < -0.39 is 0 Å². The average Bonchev–Trinajstić information content (AvgIpc) is 3.21. The molecule has 0 spiro atoms. The lowest BCUT2D eigenvalue weighted by Crippen LogP contribution is -2.45. The molecule has 1 aromatic rings. The van der Waals surface area contributed by atoms with Gasteiger partial charge in [-0.1, -0.05) is 37.5 Å². The van der Waals surface area contributed by atoms with Crippen molar-refractivity contribution < 1.29 is 9.53 Å². The molecule has 1 aliphatic carbocycles. The van der Waals surface area contributed by atoms with E-state index in [1.54, 1.807) is 7.11 Å². The van der Waals surface area contributed by atoms with Gasteiger partial charge in [-0.15, -0.1) is 24.0 Å². The maximum Gasteiger partial charge on any atom is 0.225 e. The Morgan fingerprint density at radius 2 is 1.97 bits per heavy atom. The van der Waals surface area contributed by atoms with Gasteiger partial charge in [0.1, 0.15) is 5.75 Å². The van der Waals surface area contributed by atoms with Crippen molar-refractivity contribution in [3.05, 3.63) is 29.8 Å². The zero-order valence-corrected chi connectivity index (χ0v) is 20.0. The molecule has 1 amide bonds. The van der Waals surface area contributed by atoms with Crippen LogP contribution in [-0.4, -0.2) is 49.6 Å². The fraction of sp³-hybridized carbons (Fsp3) is 0.636. The molecule has 0 aromatic heterocycles. The molecule has 29 heavy (non-hydrogen) atoms. The quantitative estimate of drug-likeness (QED) is 0.346. The highest BCUT2D eigenvalue weighted by atomic mass is 127. The van der Waals surface area contributed by atoms with Gasteiger partial charge in [-0.25, -0.2) is 4.99 Å². The minimum Gasteiger partial charge on any atom is -0.496 e. The number of amides is 1. The molecule has 1 heterocycles. The predicted molar refractivity (Wildman–Crippen MR) is 128 cm³/mol. The Bertz CT molecular complexity index is 677. The number of para-hydroxylation sites is 1. The summed E-state index contributed by atoms with van der Waals surface area (Å²) < 4.78 is 5.41. The lowest BCUT2D eigenvalue weighted by Gasteiger charge is -2.26. The standard InChI is InChI=1S/C22H34N4O2.HI/c1-3-23-22(24-15-18-11-7-8-12-20(18)28-2)25-19-13-14-26(16-19)21(27)17-9-5-4-6-10-17;/h7-8,11-12,17,19H,3-6,9-10,13-16H2,1-2H3,(H2,23,24,25);1H. The molecular weight excluding hydrogens is 479 g/mol. The maximum atomic E-state index is 12.8. The van der Waals surface area contributed by atoms with Gasteiger partial charge >= 0.3 is 0 Å². The lowest BCUT2D eigenvalue weighted by atomic mass is 9.88. The highest BCUT2D eigenvalue weighted by molar-refractivity contribution is 14.0. The number of nitrogens with one attached hydrogen (secondary N) is 2. The number of carbonyl (C=O) groups is 1. The largest absolute Gasteiger partial charge is 0.496 e. The van der Waals surface area contributed by atoms with Crippen molar-refractivity contribution in [2.45, 2.75) is 58.0 Å². The first-order valence-electron chi connectivity index (χ1n) is 10.7. The van der Waals surface area contributed by atoms with E-state index in [1.165, 1.54) is 19.3 Å². The molecule has 1 aliphatic heterocycles. The van der Waals surface area contributed by atoms with Gasteiger partial charge in [0.25, 0.3) is 0 Å². The van der Waals surface area contributed by atoms with Crippen molar-refractivity contribution in [2.75, 3.05) is 26.7 Å². The Hall–Kier alpha value is -1.51. The molecule has 1 unspecified atom stereocenters. The van der Waals surface area contributed by atoms with Crippen molar-refractivity contribution >= 4 is 35.8 Å². The first-order valence-corrected chi connectivity index (χ1v) is 10.7. The second-order valence-electron chi connectivity index (χ2n) is 7.76. The van der Waals surface area contributed by atoms with E-state index in [4.69, 9.17) is 9.73 Å². The number of aliphatic imine (C=N–C) groups is 1. The second-order valence-corrected chi connectivity index (χ2v) is 7.76. The predicted octanol–water partition coefficient (Wildman–Crippen LogP) is 3.55. The molecule has 0 radical (unpaired) electrons. The minimum atomic E-state index is 0. The number of nitrogens with zero attached hydrogens (tertiary/aromatic N) is 2. The number of rotatable bonds is 6.